The predicted octanol–water partition coefficient (Wildman–Crippen LogP) is 9.61. The Balaban J connectivity index is 1.21. The molecule has 0 saturated carbocycles. The number of ketones is 1. The minimum absolute atomic E-state index is 0.0165. The molecule has 1 unspecified atom stereocenters. The standard InChI is InChI=1S/C47H33N3O/c48-45(33-16-6-2-7-17-33)50-46(34-18-8-3-9-19-34)49-30-31-24-26-38-36-20-10-12-22-40(36)47(42(38)28-31)41-23-13-11-21-37(41)39-27-25-35(29-43(39)47)44(51)32-14-4-1-5-15-32/h1-29H,30H2,(H2,48,49,50). The van der Waals surface area contributed by atoms with Crippen molar-refractivity contribution >= 4 is 17.5 Å². The van der Waals surface area contributed by atoms with Crippen molar-refractivity contribution in [2.75, 3.05) is 0 Å². The molecule has 0 heterocycles. The van der Waals surface area contributed by atoms with E-state index in [1.54, 1.807) is 0 Å². The second-order valence-electron chi connectivity index (χ2n) is 13.0. The van der Waals surface area contributed by atoms with Gasteiger partial charge in [0.05, 0.1) is 12.0 Å². The number of hydrogen-bond donors (Lipinski definition) is 1. The number of amidine groups is 2. The van der Waals surface area contributed by atoms with E-state index in [-0.39, 0.29) is 5.78 Å². The maximum atomic E-state index is 13.9. The zero-order chi connectivity index (χ0) is 34.4. The summed E-state index contributed by atoms with van der Waals surface area (Å²) in [6, 6.07) is 59.6. The number of fused-ring (bicyclic) bond motifs is 10. The van der Waals surface area contributed by atoms with E-state index in [0.717, 1.165) is 27.8 Å². The smallest absolute Gasteiger partial charge is 0.193 e. The van der Waals surface area contributed by atoms with E-state index >= 15 is 0 Å². The predicted molar refractivity (Wildman–Crippen MR) is 206 cm³/mol. The molecule has 7 aromatic rings. The van der Waals surface area contributed by atoms with Crippen molar-refractivity contribution in [2.24, 2.45) is 15.7 Å². The maximum Gasteiger partial charge on any atom is 0.193 e. The molecule has 4 heteroatoms. The zero-order valence-electron chi connectivity index (χ0n) is 27.8. The van der Waals surface area contributed by atoms with Gasteiger partial charge in [0.1, 0.15) is 5.84 Å². The van der Waals surface area contributed by atoms with E-state index in [4.69, 9.17) is 15.7 Å². The number of nitrogens with zero attached hydrogens (tertiary/aromatic N) is 2. The summed E-state index contributed by atoms with van der Waals surface area (Å²) in [4.78, 5) is 23.8. The van der Waals surface area contributed by atoms with Gasteiger partial charge in [0.2, 0.25) is 0 Å². The van der Waals surface area contributed by atoms with Crippen LogP contribution in [0.25, 0.3) is 22.3 Å². The Kier molecular flexibility index (Phi) is 7.36. The van der Waals surface area contributed by atoms with E-state index < -0.39 is 5.41 Å². The monoisotopic (exact) mass is 655 g/mol. The van der Waals surface area contributed by atoms with Crippen LogP contribution < -0.4 is 5.73 Å². The van der Waals surface area contributed by atoms with Crippen LogP contribution in [0.2, 0.25) is 0 Å². The van der Waals surface area contributed by atoms with Crippen LogP contribution in [-0.2, 0) is 12.0 Å². The van der Waals surface area contributed by atoms with Crippen molar-refractivity contribution in [3.05, 3.63) is 226 Å². The molecule has 0 aliphatic heterocycles. The van der Waals surface area contributed by atoms with Gasteiger partial charge >= 0.3 is 0 Å². The Morgan fingerprint density at radius 3 is 1.59 bits per heavy atom. The van der Waals surface area contributed by atoms with Gasteiger partial charge in [-0.15, -0.1) is 0 Å². The molecule has 1 atom stereocenters. The molecule has 2 aliphatic carbocycles. The molecule has 0 bridgehead atoms. The maximum absolute atomic E-state index is 13.9. The highest BCUT2D eigenvalue weighted by Crippen LogP contribution is 2.62. The normalized spacial score (nSPS) is 15.6. The molecule has 4 nitrogen and oxygen atoms in total. The molecule has 242 valence electrons. The topological polar surface area (TPSA) is 67.8 Å². The van der Waals surface area contributed by atoms with Crippen molar-refractivity contribution in [2.45, 2.75) is 12.0 Å². The van der Waals surface area contributed by atoms with E-state index in [0.29, 0.717) is 29.3 Å². The van der Waals surface area contributed by atoms with Gasteiger partial charge in [0, 0.05) is 22.3 Å². The van der Waals surface area contributed by atoms with Gasteiger partial charge in [-0.3, -0.25) is 9.79 Å². The Bertz CT molecular complexity index is 2510. The first-order valence-electron chi connectivity index (χ1n) is 17.2. The lowest BCUT2D eigenvalue weighted by atomic mass is 9.70. The average molecular weight is 656 g/mol. The highest BCUT2D eigenvalue weighted by Gasteiger charge is 2.51. The second-order valence-corrected chi connectivity index (χ2v) is 13.0. The van der Waals surface area contributed by atoms with E-state index in [2.05, 4.69) is 78.9 Å². The average Bonchev–Trinajstić information content (AvgIpc) is 3.66. The first-order valence-corrected chi connectivity index (χ1v) is 17.2. The number of nitrogens with two attached hydrogens (primary N) is 1. The highest BCUT2D eigenvalue weighted by atomic mass is 16.1. The zero-order valence-corrected chi connectivity index (χ0v) is 27.8. The summed E-state index contributed by atoms with van der Waals surface area (Å²) in [6.07, 6.45) is 0. The van der Waals surface area contributed by atoms with Gasteiger partial charge in [0.25, 0.3) is 0 Å². The largest absolute Gasteiger partial charge is 0.383 e. The number of carbonyl (C=O) groups is 1. The summed E-state index contributed by atoms with van der Waals surface area (Å²) >= 11 is 0. The molecule has 0 fully saturated rings. The van der Waals surface area contributed by atoms with Gasteiger partial charge in [-0.2, -0.15) is 0 Å². The van der Waals surface area contributed by atoms with Gasteiger partial charge in [-0.25, -0.2) is 4.99 Å². The molecule has 9 rings (SSSR count). The number of benzene rings is 7. The third kappa shape index (κ3) is 4.95. The lowest BCUT2D eigenvalue weighted by Gasteiger charge is -2.31. The molecular weight excluding hydrogens is 623 g/mol. The second kappa shape index (κ2) is 12.3. The summed E-state index contributed by atoms with van der Waals surface area (Å²) in [5.41, 5.74) is 19.6. The van der Waals surface area contributed by atoms with Crippen LogP contribution in [0.3, 0.4) is 0 Å². The first-order chi connectivity index (χ1) is 25.1. The van der Waals surface area contributed by atoms with Gasteiger partial charge in [-0.1, -0.05) is 170 Å². The van der Waals surface area contributed by atoms with Crippen LogP contribution in [0.15, 0.2) is 186 Å². The van der Waals surface area contributed by atoms with E-state index in [1.807, 2.05) is 97.1 Å². The summed E-state index contributed by atoms with van der Waals surface area (Å²) in [6.45, 7) is 0.413. The van der Waals surface area contributed by atoms with E-state index in [1.165, 1.54) is 33.4 Å². The molecule has 0 aromatic heterocycles. The fourth-order valence-corrected chi connectivity index (χ4v) is 7.91. The van der Waals surface area contributed by atoms with Crippen molar-refractivity contribution in [3.8, 4) is 22.3 Å². The van der Waals surface area contributed by atoms with Crippen molar-refractivity contribution in [1.29, 1.82) is 0 Å². The Labute approximate surface area is 297 Å². The van der Waals surface area contributed by atoms with Crippen LogP contribution in [0.1, 0.15) is 54.9 Å². The van der Waals surface area contributed by atoms with Gasteiger partial charge < -0.3 is 5.73 Å². The van der Waals surface area contributed by atoms with Crippen molar-refractivity contribution in [1.82, 2.24) is 0 Å². The fourth-order valence-electron chi connectivity index (χ4n) is 7.91. The number of rotatable bonds is 6. The third-order valence-electron chi connectivity index (χ3n) is 10.2. The molecule has 0 radical (unpaired) electrons. The molecule has 2 N–H and O–H groups in total. The molecule has 0 amide bonds. The fraction of sp³-hybridized carbons (Fsp3) is 0.0426. The molecular formula is C47H33N3O. The minimum atomic E-state index is -0.595. The molecule has 7 aromatic carbocycles. The summed E-state index contributed by atoms with van der Waals surface area (Å²) in [5.74, 6) is 1.01. The summed E-state index contributed by atoms with van der Waals surface area (Å²) in [5, 5.41) is 0. The molecule has 0 saturated heterocycles. The van der Waals surface area contributed by atoms with Gasteiger partial charge in [-0.05, 0) is 56.1 Å². The Morgan fingerprint density at radius 1 is 0.471 bits per heavy atom. The highest BCUT2D eigenvalue weighted by molar-refractivity contribution is 6.11. The quantitative estimate of drug-likeness (QED) is 0.110. The lowest BCUT2D eigenvalue weighted by Crippen LogP contribution is -2.26. The lowest BCUT2D eigenvalue weighted by molar-refractivity contribution is 0.103. The Morgan fingerprint density at radius 2 is 0.961 bits per heavy atom. The van der Waals surface area contributed by atoms with Crippen LogP contribution in [-0.4, -0.2) is 17.5 Å². The van der Waals surface area contributed by atoms with Crippen LogP contribution in [0.5, 0.6) is 0 Å². The number of hydrogen-bond acceptors (Lipinski definition) is 2. The number of carbonyl (C=O) groups excluding carboxylic acids is 1. The van der Waals surface area contributed by atoms with Crippen LogP contribution in [0.4, 0.5) is 0 Å². The first kappa shape index (κ1) is 30.4. The SMILES string of the molecule is NC(=NC(=NCc1ccc2c(c1)C1(c3ccccc3-2)c2ccccc2-c2ccc(C(=O)c3ccccc3)cc21)c1ccccc1)c1ccccc1. The number of aliphatic imine (C=N–C) groups is 2. The van der Waals surface area contributed by atoms with Crippen LogP contribution in [0, 0.1) is 0 Å². The van der Waals surface area contributed by atoms with Crippen molar-refractivity contribution in [3.63, 3.8) is 0 Å². The van der Waals surface area contributed by atoms with Crippen molar-refractivity contribution < 1.29 is 4.79 Å². The summed E-state index contributed by atoms with van der Waals surface area (Å²) < 4.78 is 0. The summed E-state index contributed by atoms with van der Waals surface area (Å²) in [7, 11) is 0. The van der Waals surface area contributed by atoms with Crippen LogP contribution >= 0.6 is 0 Å². The minimum Gasteiger partial charge on any atom is -0.383 e. The molecule has 2 aliphatic rings. The molecule has 51 heavy (non-hydrogen) atoms. The van der Waals surface area contributed by atoms with E-state index in [9.17, 15) is 4.79 Å². The molecule has 1 spiro atoms. The van der Waals surface area contributed by atoms with Gasteiger partial charge in [0.15, 0.2) is 11.6 Å². The Hall–Kier alpha value is -6.65. The third-order valence-corrected chi connectivity index (χ3v) is 10.2.